The average Bonchev–Trinajstić information content (AvgIpc) is 2.33. The molecule has 0 saturated carbocycles. The van der Waals surface area contributed by atoms with Gasteiger partial charge in [0, 0.05) is 31.2 Å². The summed E-state index contributed by atoms with van der Waals surface area (Å²) in [6, 6.07) is 3.00. The summed E-state index contributed by atoms with van der Waals surface area (Å²) in [4.78, 5) is 1.98. The molecule has 1 saturated heterocycles. The van der Waals surface area contributed by atoms with E-state index in [-0.39, 0.29) is 29.1 Å². The molecule has 0 aliphatic carbocycles. The van der Waals surface area contributed by atoms with Crippen LogP contribution in [0.3, 0.4) is 0 Å². The molecule has 1 aliphatic rings. The number of hydrogen-bond donors (Lipinski definition) is 1. The number of nitrogens with zero attached hydrogens (tertiary/aromatic N) is 1. The van der Waals surface area contributed by atoms with Gasteiger partial charge in [-0.2, -0.15) is 0 Å². The van der Waals surface area contributed by atoms with Gasteiger partial charge in [0.15, 0.2) is 0 Å². The van der Waals surface area contributed by atoms with E-state index in [9.17, 15) is 8.78 Å². The first-order chi connectivity index (χ1) is 9.20. The van der Waals surface area contributed by atoms with E-state index in [1.54, 1.807) is 6.92 Å². The van der Waals surface area contributed by atoms with Gasteiger partial charge in [-0.1, -0.05) is 20.8 Å². The van der Waals surface area contributed by atoms with E-state index in [1.807, 2.05) is 11.8 Å². The maximum atomic E-state index is 14.2. The van der Waals surface area contributed by atoms with Crippen LogP contribution in [0.5, 0.6) is 0 Å². The van der Waals surface area contributed by atoms with Crippen molar-refractivity contribution in [1.29, 1.82) is 0 Å². The van der Waals surface area contributed by atoms with E-state index < -0.39 is 0 Å². The summed E-state index contributed by atoms with van der Waals surface area (Å²) in [5.41, 5.74) is 0.802. The predicted molar refractivity (Wildman–Crippen MR) is 79.1 cm³/mol. The third kappa shape index (κ3) is 2.95. The summed E-state index contributed by atoms with van der Waals surface area (Å²) in [6.07, 6.45) is 0. The van der Waals surface area contributed by atoms with Crippen molar-refractivity contribution in [3.05, 3.63) is 29.3 Å². The van der Waals surface area contributed by atoms with Gasteiger partial charge in [0.2, 0.25) is 0 Å². The van der Waals surface area contributed by atoms with Crippen LogP contribution in [0.4, 0.5) is 14.5 Å². The minimum absolute atomic E-state index is 0.0815. The zero-order chi connectivity index (χ0) is 15.1. The van der Waals surface area contributed by atoms with Crippen molar-refractivity contribution in [3.8, 4) is 0 Å². The Kier molecular flexibility index (Phi) is 4.05. The van der Waals surface area contributed by atoms with Crippen LogP contribution < -0.4 is 10.2 Å². The molecule has 2 nitrogen and oxygen atoms in total. The Labute approximate surface area is 120 Å². The number of piperazine rings is 1. The number of hydrogen-bond acceptors (Lipinski definition) is 2. The number of halogens is 2. The van der Waals surface area contributed by atoms with Crippen molar-refractivity contribution in [2.24, 2.45) is 5.41 Å². The SMILES string of the molecule is Cc1cc(F)c(N2CC(C(C)(C)C)NCC2C)cc1F. The molecule has 0 amide bonds. The van der Waals surface area contributed by atoms with E-state index in [4.69, 9.17) is 0 Å². The summed E-state index contributed by atoms with van der Waals surface area (Å²) < 4.78 is 27.9. The van der Waals surface area contributed by atoms with Crippen molar-refractivity contribution >= 4 is 5.69 Å². The Balaban J connectivity index is 2.32. The lowest BCUT2D eigenvalue weighted by atomic mass is 9.84. The van der Waals surface area contributed by atoms with Gasteiger partial charge in [-0.05, 0) is 30.9 Å². The maximum Gasteiger partial charge on any atom is 0.146 e. The molecular formula is C16H24F2N2. The molecule has 1 aromatic carbocycles. The number of nitrogens with one attached hydrogen (secondary N) is 1. The van der Waals surface area contributed by atoms with E-state index >= 15 is 0 Å². The molecule has 2 rings (SSSR count). The molecule has 1 fully saturated rings. The second kappa shape index (κ2) is 5.32. The first kappa shape index (κ1) is 15.2. The fourth-order valence-corrected chi connectivity index (χ4v) is 2.64. The minimum atomic E-state index is -0.348. The first-order valence-corrected chi connectivity index (χ1v) is 7.16. The van der Waals surface area contributed by atoms with Gasteiger partial charge in [-0.25, -0.2) is 8.78 Å². The lowest BCUT2D eigenvalue weighted by molar-refractivity contribution is 0.238. The van der Waals surface area contributed by atoms with E-state index in [0.29, 0.717) is 17.8 Å². The summed E-state index contributed by atoms with van der Waals surface area (Å²) >= 11 is 0. The van der Waals surface area contributed by atoms with Gasteiger partial charge in [-0.15, -0.1) is 0 Å². The Morgan fingerprint density at radius 2 is 1.85 bits per heavy atom. The third-order valence-corrected chi connectivity index (χ3v) is 4.15. The van der Waals surface area contributed by atoms with Gasteiger partial charge in [0.05, 0.1) is 5.69 Å². The highest BCUT2D eigenvalue weighted by molar-refractivity contribution is 5.51. The Hall–Kier alpha value is -1.16. The van der Waals surface area contributed by atoms with Crippen molar-refractivity contribution in [2.75, 3.05) is 18.0 Å². The average molecular weight is 282 g/mol. The molecule has 112 valence electrons. The second-order valence-corrected chi connectivity index (χ2v) is 6.88. The Morgan fingerprint density at radius 3 is 2.45 bits per heavy atom. The maximum absolute atomic E-state index is 14.2. The zero-order valence-corrected chi connectivity index (χ0v) is 12.9. The van der Waals surface area contributed by atoms with Crippen molar-refractivity contribution < 1.29 is 8.78 Å². The molecule has 1 aliphatic heterocycles. The van der Waals surface area contributed by atoms with Gasteiger partial charge in [0.25, 0.3) is 0 Å². The van der Waals surface area contributed by atoms with E-state index in [1.165, 1.54) is 12.1 Å². The Morgan fingerprint density at radius 1 is 1.20 bits per heavy atom. The van der Waals surface area contributed by atoms with Gasteiger partial charge < -0.3 is 10.2 Å². The van der Waals surface area contributed by atoms with Crippen LogP contribution in [0.1, 0.15) is 33.3 Å². The predicted octanol–water partition coefficient (Wildman–Crippen LogP) is 3.49. The third-order valence-electron chi connectivity index (χ3n) is 4.15. The topological polar surface area (TPSA) is 15.3 Å². The first-order valence-electron chi connectivity index (χ1n) is 7.16. The second-order valence-electron chi connectivity index (χ2n) is 6.88. The number of rotatable bonds is 1. The molecule has 2 atom stereocenters. The van der Waals surface area contributed by atoms with Gasteiger partial charge in [0.1, 0.15) is 11.6 Å². The highest BCUT2D eigenvalue weighted by Gasteiger charge is 2.33. The molecular weight excluding hydrogens is 258 g/mol. The smallest absolute Gasteiger partial charge is 0.146 e. The fourth-order valence-electron chi connectivity index (χ4n) is 2.64. The van der Waals surface area contributed by atoms with Crippen LogP contribution in [0, 0.1) is 24.0 Å². The van der Waals surface area contributed by atoms with Crippen LogP contribution in [-0.2, 0) is 0 Å². The number of aryl methyl sites for hydroxylation is 1. The summed E-state index contributed by atoms with van der Waals surface area (Å²) in [6.45, 7) is 11.5. The molecule has 4 heteroatoms. The standard InChI is InChI=1S/C16H24F2N2/c1-10-6-13(18)14(7-12(10)17)20-9-15(16(3,4)5)19-8-11(20)2/h6-7,11,15,19H,8-9H2,1-5H3. The van der Waals surface area contributed by atoms with Crippen molar-refractivity contribution in [3.63, 3.8) is 0 Å². The van der Waals surface area contributed by atoms with Crippen LogP contribution >= 0.6 is 0 Å². The molecule has 0 radical (unpaired) electrons. The highest BCUT2D eigenvalue weighted by atomic mass is 19.1. The van der Waals surface area contributed by atoms with Crippen molar-refractivity contribution in [2.45, 2.75) is 46.7 Å². The molecule has 0 bridgehead atoms. The Bertz CT molecular complexity index is 494. The lowest BCUT2D eigenvalue weighted by Gasteiger charge is -2.45. The van der Waals surface area contributed by atoms with Crippen LogP contribution in [-0.4, -0.2) is 25.2 Å². The lowest BCUT2D eigenvalue weighted by Crippen LogP contribution is -2.59. The molecule has 2 unspecified atom stereocenters. The monoisotopic (exact) mass is 282 g/mol. The summed E-state index contributed by atoms with van der Waals surface area (Å²) in [5.74, 6) is -0.690. The van der Waals surface area contributed by atoms with Crippen LogP contribution in [0.2, 0.25) is 0 Å². The molecule has 20 heavy (non-hydrogen) atoms. The molecule has 0 aromatic heterocycles. The molecule has 1 aromatic rings. The largest absolute Gasteiger partial charge is 0.364 e. The van der Waals surface area contributed by atoms with E-state index in [2.05, 4.69) is 26.1 Å². The molecule has 0 spiro atoms. The quantitative estimate of drug-likeness (QED) is 0.848. The van der Waals surface area contributed by atoms with E-state index in [0.717, 1.165) is 6.54 Å². The number of anilines is 1. The van der Waals surface area contributed by atoms with Gasteiger partial charge >= 0.3 is 0 Å². The minimum Gasteiger partial charge on any atom is -0.364 e. The molecule has 1 N–H and O–H groups in total. The van der Waals surface area contributed by atoms with Crippen LogP contribution in [0.25, 0.3) is 0 Å². The summed E-state index contributed by atoms with van der Waals surface area (Å²) in [7, 11) is 0. The number of benzene rings is 1. The van der Waals surface area contributed by atoms with Crippen LogP contribution in [0.15, 0.2) is 12.1 Å². The molecule has 1 heterocycles. The normalized spacial score (nSPS) is 24.1. The fraction of sp³-hybridized carbons (Fsp3) is 0.625. The summed E-state index contributed by atoms with van der Waals surface area (Å²) in [5, 5.41) is 3.50. The highest BCUT2D eigenvalue weighted by Crippen LogP contribution is 2.30. The van der Waals surface area contributed by atoms with Gasteiger partial charge in [-0.3, -0.25) is 0 Å². The zero-order valence-electron chi connectivity index (χ0n) is 12.9. The van der Waals surface area contributed by atoms with Crippen molar-refractivity contribution in [1.82, 2.24) is 5.32 Å².